The van der Waals surface area contributed by atoms with E-state index in [0.717, 1.165) is 0 Å². The summed E-state index contributed by atoms with van der Waals surface area (Å²) >= 11 is 16.7. The molecule has 28 heavy (non-hydrogen) atoms. The van der Waals surface area contributed by atoms with Gasteiger partial charge in [0.1, 0.15) is 24.8 Å². The summed E-state index contributed by atoms with van der Waals surface area (Å²) in [6.07, 6.45) is -0.309. The number of hydrogen-bond acceptors (Lipinski definition) is 7. The van der Waals surface area contributed by atoms with Crippen molar-refractivity contribution in [2.75, 3.05) is 26.9 Å². The average Bonchev–Trinajstić information content (AvgIpc) is 2.63. The Kier molecular flexibility index (Phi) is 10.2. The van der Waals surface area contributed by atoms with Gasteiger partial charge in [-0.15, -0.1) is 0 Å². The highest BCUT2D eigenvalue weighted by Crippen LogP contribution is 2.26. The first-order valence-electron chi connectivity index (χ1n) is 8.74. The Labute approximate surface area is 178 Å². The molecule has 0 aromatic heterocycles. The van der Waals surface area contributed by atoms with Crippen LogP contribution in [0.5, 0.6) is 0 Å². The highest BCUT2D eigenvalue weighted by atomic mass is 35.6. The summed E-state index contributed by atoms with van der Waals surface area (Å²) in [5.41, 5.74) is 2.76. The number of ether oxygens (including phenoxy) is 2. The number of halogens is 3. The summed E-state index contributed by atoms with van der Waals surface area (Å²) in [6.45, 7) is 3.15. The van der Waals surface area contributed by atoms with E-state index >= 15 is 0 Å². The second-order valence-electron chi connectivity index (χ2n) is 6.74. The van der Waals surface area contributed by atoms with E-state index in [4.69, 9.17) is 44.3 Å². The van der Waals surface area contributed by atoms with Gasteiger partial charge in [-0.1, -0.05) is 48.7 Å². The maximum atomic E-state index is 12.8. The van der Waals surface area contributed by atoms with Crippen LogP contribution in [0.3, 0.4) is 0 Å². The molecule has 2 amide bonds. The predicted molar refractivity (Wildman–Crippen MR) is 104 cm³/mol. The zero-order valence-electron chi connectivity index (χ0n) is 15.9. The van der Waals surface area contributed by atoms with Crippen molar-refractivity contribution in [3.63, 3.8) is 0 Å². The van der Waals surface area contributed by atoms with Crippen LogP contribution in [0, 0.1) is 5.92 Å². The molecule has 0 bridgehead atoms. The number of rotatable bonds is 8. The molecule has 1 aliphatic heterocycles. The lowest BCUT2D eigenvalue weighted by molar-refractivity contribution is -0.153. The standard InChI is InChI=1S/C16H26Cl3N3O6/c1-9(2)12(23)13(24)20-11(7-27-3)14(25)22-6-4-5-10(21-22)15(26)28-8-16(17,18)19/h9-12,21,23H,4-8H2,1-3H3,(H,20,24)/t10-,11-,12-/m0/s1. The Morgan fingerprint density at radius 3 is 2.50 bits per heavy atom. The number of nitrogens with one attached hydrogen (secondary N) is 2. The van der Waals surface area contributed by atoms with Crippen LogP contribution in [0.25, 0.3) is 0 Å². The summed E-state index contributed by atoms with van der Waals surface area (Å²) in [7, 11) is 1.38. The van der Waals surface area contributed by atoms with E-state index in [1.165, 1.54) is 12.1 Å². The van der Waals surface area contributed by atoms with Gasteiger partial charge in [0.05, 0.1) is 6.61 Å². The smallest absolute Gasteiger partial charge is 0.325 e. The number of aliphatic hydroxyl groups is 1. The summed E-state index contributed by atoms with van der Waals surface area (Å²) in [4.78, 5) is 37.0. The van der Waals surface area contributed by atoms with E-state index < -0.39 is 46.4 Å². The molecule has 0 aliphatic carbocycles. The van der Waals surface area contributed by atoms with E-state index in [1.54, 1.807) is 13.8 Å². The number of aliphatic hydroxyl groups excluding tert-OH is 1. The largest absolute Gasteiger partial charge is 0.460 e. The fourth-order valence-electron chi connectivity index (χ4n) is 2.46. The van der Waals surface area contributed by atoms with Crippen LogP contribution in [-0.4, -0.2) is 76.7 Å². The van der Waals surface area contributed by atoms with Gasteiger partial charge in [0.25, 0.3) is 5.91 Å². The van der Waals surface area contributed by atoms with Crippen LogP contribution in [0.4, 0.5) is 0 Å². The Morgan fingerprint density at radius 2 is 1.96 bits per heavy atom. The van der Waals surface area contributed by atoms with Crippen LogP contribution in [-0.2, 0) is 23.9 Å². The van der Waals surface area contributed by atoms with Crippen LogP contribution in [0.15, 0.2) is 0 Å². The number of methoxy groups -OCH3 is 1. The van der Waals surface area contributed by atoms with Crippen LogP contribution < -0.4 is 10.7 Å². The van der Waals surface area contributed by atoms with Crippen molar-refractivity contribution >= 4 is 52.6 Å². The van der Waals surface area contributed by atoms with Gasteiger partial charge in [0.15, 0.2) is 0 Å². The SMILES string of the molecule is COC[C@H](NC(=O)[C@@H](O)C(C)C)C(=O)N1CCC[C@@H](C(=O)OCC(Cl)(Cl)Cl)N1. The van der Waals surface area contributed by atoms with Gasteiger partial charge >= 0.3 is 5.97 Å². The van der Waals surface area contributed by atoms with E-state index in [1.807, 2.05) is 0 Å². The van der Waals surface area contributed by atoms with Gasteiger partial charge < -0.3 is 19.9 Å². The number of nitrogens with zero attached hydrogens (tertiary/aromatic N) is 1. The van der Waals surface area contributed by atoms with Crippen molar-refractivity contribution in [1.82, 2.24) is 15.8 Å². The minimum Gasteiger partial charge on any atom is -0.460 e. The van der Waals surface area contributed by atoms with Crippen LogP contribution >= 0.6 is 34.8 Å². The highest BCUT2D eigenvalue weighted by molar-refractivity contribution is 6.67. The molecule has 0 spiro atoms. The van der Waals surface area contributed by atoms with Gasteiger partial charge in [0.2, 0.25) is 9.70 Å². The molecule has 9 nitrogen and oxygen atoms in total. The first-order valence-corrected chi connectivity index (χ1v) is 9.88. The first-order chi connectivity index (χ1) is 13.0. The monoisotopic (exact) mass is 461 g/mol. The zero-order valence-corrected chi connectivity index (χ0v) is 18.2. The normalized spacial score (nSPS) is 19.9. The highest BCUT2D eigenvalue weighted by Gasteiger charge is 2.35. The van der Waals surface area contributed by atoms with Gasteiger partial charge in [0, 0.05) is 13.7 Å². The third-order valence-corrected chi connectivity index (χ3v) is 4.29. The van der Waals surface area contributed by atoms with Gasteiger partial charge in [-0.25, -0.2) is 5.43 Å². The molecule has 0 aromatic rings. The Bertz CT molecular complexity index is 558. The van der Waals surface area contributed by atoms with Crippen molar-refractivity contribution in [2.24, 2.45) is 5.92 Å². The number of esters is 1. The molecule has 1 rings (SSSR count). The van der Waals surface area contributed by atoms with E-state index in [0.29, 0.717) is 19.4 Å². The Hall–Kier alpha value is -0.840. The van der Waals surface area contributed by atoms with Crippen LogP contribution in [0.1, 0.15) is 26.7 Å². The number of alkyl halides is 3. The van der Waals surface area contributed by atoms with Gasteiger partial charge in [-0.05, 0) is 18.8 Å². The lowest BCUT2D eigenvalue weighted by Crippen LogP contribution is -2.61. The van der Waals surface area contributed by atoms with Crippen LogP contribution in [0.2, 0.25) is 0 Å². The maximum absolute atomic E-state index is 12.8. The number of carbonyl (C=O) groups excluding carboxylic acids is 3. The number of carbonyl (C=O) groups is 3. The summed E-state index contributed by atoms with van der Waals surface area (Å²) in [6, 6.07) is -1.83. The molecular weight excluding hydrogens is 437 g/mol. The molecule has 0 radical (unpaired) electrons. The molecule has 12 heteroatoms. The minimum absolute atomic E-state index is 0.101. The topological polar surface area (TPSA) is 117 Å². The number of amides is 2. The lowest BCUT2D eigenvalue weighted by Gasteiger charge is -2.35. The van der Waals surface area contributed by atoms with Gasteiger partial charge in [-0.3, -0.25) is 19.4 Å². The van der Waals surface area contributed by atoms with E-state index in [9.17, 15) is 19.5 Å². The van der Waals surface area contributed by atoms with Crippen molar-refractivity contribution in [3.8, 4) is 0 Å². The first kappa shape index (κ1) is 25.2. The van der Waals surface area contributed by atoms with Gasteiger partial charge in [-0.2, -0.15) is 0 Å². The van der Waals surface area contributed by atoms with Crippen molar-refractivity contribution in [2.45, 2.75) is 48.7 Å². The number of hydrogen-bond donors (Lipinski definition) is 3. The van der Waals surface area contributed by atoms with Crippen molar-refractivity contribution in [1.29, 1.82) is 0 Å². The fourth-order valence-corrected chi connectivity index (χ4v) is 2.62. The molecule has 1 heterocycles. The summed E-state index contributed by atoms with van der Waals surface area (Å²) < 4.78 is 8.21. The molecule has 1 fully saturated rings. The van der Waals surface area contributed by atoms with Crippen molar-refractivity contribution in [3.05, 3.63) is 0 Å². The third kappa shape index (κ3) is 8.26. The maximum Gasteiger partial charge on any atom is 0.325 e. The number of hydrazine groups is 1. The fraction of sp³-hybridized carbons (Fsp3) is 0.812. The minimum atomic E-state index is -1.73. The Morgan fingerprint density at radius 1 is 1.32 bits per heavy atom. The lowest BCUT2D eigenvalue weighted by atomic mass is 10.1. The average molecular weight is 463 g/mol. The molecule has 0 saturated carbocycles. The molecule has 1 saturated heterocycles. The predicted octanol–water partition coefficient (Wildman–Crippen LogP) is 0.543. The molecule has 3 N–H and O–H groups in total. The summed E-state index contributed by atoms with van der Waals surface area (Å²) in [5.74, 6) is -2.17. The second-order valence-corrected chi connectivity index (χ2v) is 9.26. The second kappa shape index (κ2) is 11.4. The van der Waals surface area contributed by atoms with E-state index in [-0.39, 0.29) is 12.5 Å². The zero-order chi connectivity index (χ0) is 21.5. The Balaban J connectivity index is 2.72. The molecular formula is C16H26Cl3N3O6. The third-order valence-electron chi connectivity index (χ3n) is 3.96. The van der Waals surface area contributed by atoms with E-state index in [2.05, 4.69) is 10.7 Å². The molecule has 0 unspecified atom stereocenters. The van der Waals surface area contributed by atoms with Crippen molar-refractivity contribution < 1.29 is 29.0 Å². The quantitative estimate of drug-likeness (QED) is 0.356. The molecule has 162 valence electrons. The molecule has 0 aromatic carbocycles. The molecule has 3 atom stereocenters. The molecule has 1 aliphatic rings. The summed E-state index contributed by atoms with van der Waals surface area (Å²) in [5, 5.41) is 13.5.